The Morgan fingerprint density at radius 1 is 1.12 bits per heavy atom. The van der Waals surface area contributed by atoms with Gasteiger partial charge in [0, 0.05) is 0 Å². The van der Waals surface area contributed by atoms with Gasteiger partial charge in [0.1, 0.15) is 0 Å². The fourth-order valence-corrected chi connectivity index (χ4v) is 1.77. The maximum absolute atomic E-state index is 12.7. The summed E-state index contributed by atoms with van der Waals surface area (Å²) < 4.78 is 43.0. The number of alkyl halides is 3. The van der Waals surface area contributed by atoms with Crippen molar-refractivity contribution in [2.24, 2.45) is 0 Å². The van der Waals surface area contributed by atoms with E-state index in [9.17, 15) is 13.2 Å². The number of halogens is 4. The van der Waals surface area contributed by atoms with Gasteiger partial charge >= 0.3 is 6.18 Å². The van der Waals surface area contributed by atoms with Gasteiger partial charge < -0.3 is 4.52 Å². The van der Waals surface area contributed by atoms with Gasteiger partial charge in [0.2, 0.25) is 4.67 Å². The third-order valence-electron chi connectivity index (χ3n) is 2.05. The summed E-state index contributed by atoms with van der Waals surface area (Å²) in [6.07, 6.45) is -3.15. The van der Waals surface area contributed by atoms with Crippen LogP contribution in [-0.2, 0) is 6.18 Å². The average molecular weight is 292 g/mol. The quantitative estimate of drug-likeness (QED) is 0.790. The number of benzene rings is 1. The van der Waals surface area contributed by atoms with E-state index in [0.717, 1.165) is 6.07 Å². The van der Waals surface area contributed by atoms with E-state index in [1.165, 1.54) is 24.4 Å². The second kappa shape index (κ2) is 3.93. The van der Waals surface area contributed by atoms with Gasteiger partial charge in [-0.1, -0.05) is 23.4 Å². The number of nitrogens with zero attached hydrogens (tertiary/aromatic N) is 1. The average Bonchev–Trinajstić information content (AvgIpc) is 2.63. The molecule has 1 aromatic carbocycles. The van der Waals surface area contributed by atoms with Crippen molar-refractivity contribution in [3.63, 3.8) is 0 Å². The molecule has 2 aromatic rings. The Bertz CT molecular complexity index is 507. The largest absolute Gasteiger partial charge is 0.417 e. The van der Waals surface area contributed by atoms with Crippen LogP contribution in [0.15, 0.2) is 39.7 Å². The van der Waals surface area contributed by atoms with E-state index < -0.39 is 11.7 Å². The Morgan fingerprint density at radius 3 is 2.38 bits per heavy atom. The van der Waals surface area contributed by atoms with Crippen LogP contribution in [-0.4, -0.2) is 5.16 Å². The second-order valence-electron chi connectivity index (χ2n) is 3.06. The van der Waals surface area contributed by atoms with Crippen molar-refractivity contribution >= 4 is 15.9 Å². The zero-order chi connectivity index (χ0) is 11.8. The summed E-state index contributed by atoms with van der Waals surface area (Å²) in [5.41, 5.74) is -0.380. The Morgan fingerprint density at radius 2 is 1.81 bits per heavy atom. The van der Waals surface area contributed by atoms with E-state index in [0.29, 0.717) is 0 Å². The van der Waals surface area contributed by atoms with Gasteiger partial charge in [-0.3, -0.25) is 0 Å². The van der Waals surface area contributed by atoms with Crippen molar-refractivity contribution < 1.29 is 17.7 Å². The molecule has 0 aliphatic heterocycles. The van der Waals surface area contributed by atoms with Crippen LogP contribution in [0.4, 0.5) is 13.2 Å². The lowest BCUT2D eigenvalue weighted by atomic mass is 10.0. The lowest BCUT2D eigenvalue weighted by molar-refractivity contribution is -0.137. The van der Waals surface area contributed by atoms with Gasteiger partial charge in [-0.15, -0.1) is 0 Å². The maximum Gasteiger partial charge on any atom is 0.417 e. The van der Waals surface area contributed by atoms with Gasteiger partial charge in [-0.25, -0.2) is 0 Å². The molecule has 0 amide bonds. The van der Waals surface area contributed by atoms with Gasteiger partial charge in [0.05, 0.1) is 17.3 Å². The van der Waals surface area contributed by atoms with Crippen LogP contribution >= 0.6 is 15.9 Å². The summed E-state index contributed by atoms with van der Waals surface area (Å²) in [6.45, 7) is 0. The first kappa shape index (κ1) is 11.2. The molecule has 0 saturated heterocycles. The monoisotopic (exact) mass is 291 g/mol. The molecule has 0 atom stereocenters. The summed E-state index contributed by atoms with van der Waals surface area (Å²) in [5.74, 6) is 0. The van der Waals surface area contributed by atoms with Crippen LogP contribution < -0.4 is 0 Å². The van der Waals surface area contributed by atoms with Crippen LogP contribution in [0.1, 0.15) is 5.56 Å². The summed E-state index contributed by atoms with van der Waals surface area (Å²) in [4.78, 5) is 0. The molecule has 0 aliphatic rings. The van der Waals surface area contributed by atoms with E-state index in [2.05, 4.69) is 25.6 Å². The molecule has 0 spiro atoms. The Hall–Kier alpha value is -1.30. The molecule has 1 aromatic heterocycles. The van der Waals surface area contributed by atoms with Crippen molar-refractivity contribution in [1.82, 2.24) is 5.16 Å². The Labute approximate surface area is 97.2 Å². The van der Waals surface area contributed by atoms with Gasteiger partial charge in [-0.2, -0.15) is 13.2 Å². The van der Waals surface area contributed by atoms with Crippen LogP contribution in [0.2, 0.25) is 0 Å². The van der Waals surface area contributed by atoms with Gasteiger partial charge in [0.25, 0.3) is 0 Å². The lowest BCUT2D eigenvalue weighted by Gasteiger charge is -2.10. The van der Waals surface area contributed by atoms with Crippen molar-refractivity contribution in [2.75, 3.05) is 0 Å². The summed E-state index contributed by atoms with van der Waals surface area (Å²) in [7, 11) is 0. The summed E-state index contributed by atoms with van der Waals surface area (Å²) in [5, 5.41) is 3.43. The van der Waals surface area contributed by atoms with Crippen molar-refractivity contribution in [3.05, 3.63) is 40.7 Å². The van der Waals surface area contributed by atoms with Crippen molar-refractivity contribution in [1.29, 1.82) is 0 Å². The minimum absolute atomic E-state index is 0.0446. The summed E-state index contributed by atoms with van der Waals surface area (Å²) >= 11 is 3.01. The van der Waals surface area contributed by atoms with Crippen LogP contribution in [0.5, 0.6) is 0 Å². The third-order valence-corrected chi connectivity index (χ3v) is 2.62. The highest BCUT2D eigenvalue weighted by atomic mass is 79.9. The molecule has 0 aliphatic carbocycles. The lowest BCUT2D eigenvalue weighted by Crippen LogP contribution is -2.06. The Kier molecular flexibility index (Phi) is 2.75. The van der Waals surface area contributed by atoms with Gasteiger partial charge in [0.15, 0.2) is 0 Å². The molecule has 16 heavy (non-hydrogen) atoms. The molecule has 2 rings (SSSR count). The standard InChI is InChI=1S/C10H5BrF3NO/c11-9-7(5-15-16-9)6-3-1-2-4-8(6)10(12,13)14/h1-5H. The molecule has 0 N–H and O–H groups in total. The molecule has 0 unspecified atom stereocenters. The SMILES string of the molecule is FC(F)(F)c1ccccc1-c1cnoc1Br. The van der Waals surface area contributed by atoms with E-state index in [1.54, 1.807) is 0 Å². The number of hydrogen-bond donors (Lipinski definition) is 0. The summed E-state index contributed by atoms with van der Waals surface area (Å²) in [6, 6.07) is 5.27. The molecule has 1 heterocycles. The van der Waals surface area contributed by atoms with Crippen LogP contribution in [0.3, 0.4) is 0 Å². The highest BCUT2D eigenvalue weighted by Gasteiger charge is 2.34. The van der Waals surface area contributed by atoms with E-state index in [1.807, 2.05) is 0 Å². The molecular formula is C10H5BrF3NO. The predicted molar refractivity (Wildman–Crippen MR) is 54.6 cm³/mol. The first-order valence-electron chi connectivity index (χ1n) is 4.27. The smallest absolute Gasteiger partial charge is 0.349 e. The van der Waals surface area contributed by atoms with E-state index >= 15 is 0 Å². The van der Waals surface area contributed by atoms with E-state index in [4.69, 9.17) is 0 Å². The fourth-order valence-electron chi connectivity index (χ4n) is 1.37. The molecule has 0 radical (unpaired) electrons. The Balaban J connectivity index is 2.62. The van der Waals surface area contributed by atoms with E-state index in [-0.39, 0.29) is 15.8 Å². The predicted octanol–water partition coefficient (Wildman–Crippen LogP) is 4.12. The zero-order valence-corrected chi connectivity index (χ0v) is 9.34. The minimum Gasteiger partial charge on any atom is -0.349 e. The number of hydrogen-bond acceptors (Lipinski definition) is 2. The van der Waals surface area contributed by atoms with Crippen molar-refractivity contribution in [3.8, 4) is 11.1 Å². The molecule has 0 fully saturated rings. The first-order chi connectivity index (χ1) is 7.50. The number of rotatable bonds is 1. The van der Waals surface area contributed by atoms with Crippen molar-refractivity contribution in [2.45, 2.75) is 6.18 Å². The molecular weight excluding hydrogens is 287 g/mol. The topological polar surface area (TPSA) is 26.0 Å². The molecule has 0 saturated carbocycles. The van der Waals surface area contributed by atoms with Crippen LogP contribution in [0.25, 0.3) is 11.1 Å². The number of aromatic nitrogens is 1. The van der Waals surface area contributed by atoms with Crippen LogP contribution in [0, 0.1) is 0 Å². The molecule has 6 heteroatoms. The maximum atomic E-state index is 12.7. The fraction of sp³-hybridized carbons (Fsp3) is 0.100. The third kappa shape index (κ3) is 1.97. The molecule has 2 nitrogen and oxygen atoms in total. The highest BCUT2D eigenvalue weighted by molar-refractivity contribution is 9.10. The molecule has 0 bridgehead atoms. The highest BCUT2D eigenvalue weighted by Crippen LogP contribution is 2.39. The van der Waals surface area contributed by atoms with Gasteiger partial charge in [-0.05, 0) is 27.6 Å². The minimum atomic E-state index is -4.40. The first-order valence-corrected chi connectivity index (χ1v) is 5.06. The molecule has 84 valence electrons. The normalized spacial score (nSPS) is 11.8. The second-order valence-corrected chi connectivity index (χ2v) is 3.78. The zero-order valence-electron chi connectivity index (χ0n) is 7.75.